The lowest BCUT2D eigenvalue weighted by molar-refractivity contribution is -0.164. The highest BCUT2D eigenvalue weighted by molar-refractivity contribution is 5.90. The Balaban J connectivity index is 1.64. The normalized spacial score (nSPS) is 17.0. The summed E-state index contributed by atoms with van der Waals surface area (Å²) in [6.45, 7) is 3.55. The maximum Gasteiger partial charge on any atom is 0.329 e. The Morgan fingerprint density at radius 3 is 2.62 bits per heavy atom. The third kappa shape index (κ3) is 4.84. The van der Waals surface area contributed by atoms with Crippen LogP contribution < -0.4 is 5.32 Å². The van der Waals surface area contributed by atoms with E-state index in [2.05, 4.69) is 10.2 Å². The summed E-state index contributed by atoms with van der Waals surface area (Å²) in [5, 5.41) is 11.4. The SMILES string of the molecule is CC1(OCC(=O)O)CN(CCC(=O)Nc2ccccc2)C1. The Bertz CT molecular complexity index is 498. The van der Waals surface area contributed by atoms with Crippen molar-refractivity contribution in [3.8, 4) is 0 Å². The van der Waals surface area contributed by atoms with Crippen LogP contribution in [0.25, 0.3) is 0 Å². The molecule has 1 aliphatic heterocycles. The van der Waals surface area contributed by atoms with E-state index in [1.54, 1.807) is 0 Å². The molecule has 21 heavy (non-hydrogen) atoms. The molecular weight excluding hydrogens is 272 g/mol. The minimum Gasteiger partial charge on any atom is -0.480 e. The fourth-order valence-electron chi connectivity index (χ4n) is 2.39. The van der Waals surface area contributed by atoms with E-state index in [1.165, 1.54) is 0 Å². The zero-order chi connectivity index (χ0) is 15.3. The number of anilines is 1. The summed E-state index contributed by atoms with van der Waals surface area (Å²) in [5.74, 6) is -0.988. The number of nitrogens with zero attached hydrogens (tertiary/aromatic N) is 1. The topological polar surface area (TPSA) is 78.9 Å². The van der Waals surface area contributed by atoms with E-state index in [9.17, 15) is 9.59 Å². The zero-order valence-electron chi connectivity index (χ0n) is 12.0. The molecule has 6 heteroatoms. The molecule has 1 aliphatic rings. The highest BCUT2D eigenvalue weighted by atomic mass is 16.5. The minimum absolute atomic E-state index is 0.0266. The van der Waals surface area contributed by atoms with Gasteiger partial charge in [0.05, 0.1) is 5.60 Å². The molecule has 1 fully saturated rings. The number of carbonyl (C=O) groups excluding carboxylic acids is 1. The second-order valence-electron chi connectivity index (χ2n) is 5.51. The lowest BCUT2D eigenvalue weighted by Gasteiger charge is -2.47. The molecule has 1 saturated heterocycles. The number of benzene rings is 1. The van der Waals surface area contributed by atoms with Crippen LogP contribution in [0.4, 0.5) is 5.69 Å². The van der Waals surface area contributed by atoms with Crippen LogP contribution in [0, 0.1) is 0 Å². The van der Waals surface area contributed by atoms with Crippen molar-refractivity contribution in [2.24, 2.45) is 0 Å². The van der Waals surface area contributed by atoms with Crippen LogP contribution in [-0.4, -0.2) is 53.7 Å². The molecule has 2 rings (SSSR count). The van der Waals surface area contributed by atoms with Crippen LogP contribution >= 0.6 is 0 Å². The van der Waals surface area contributed by atoms with Crippen molar-refractivity contribution in [1.82, 2.24) is 4.90 Å². The third-order valence-corrected chi connectivity index (χ3v) is 3.37. The molecular formula is C15H20N2O4. The molecule has 0 aliphatic carbocycles. The fourth-order valence-corrected chi connectivity index (χ4v) is 2.39. The van der Waals surface area contributed by atoms with E-state index >= 15 is 0 Å². The van der Waals surface area contributed by atoms with Crippen molar-refractivity contribution in [2.75, 3.05) is 31.6 Å². The van der Waals surface area contributed by atoms with Gasteiger partial charge in [-0.05, 0) is 19.1 Å². The van der Waals surface area contributed by atoms with Gasteiger partial charge in [0, 0.05) is 31.7 Å². The molecule has 0 atom stereocenters. The number of para-hydroxylation sites is 1. The molecule has 2 N–H and O–H groups in total. The van der Waals surface area contributed by atoms with Crippen LogP contribution in [-0.2, 0) is 14.3 Å². The highest BCUT2D eigenvalue weighted by Gasteiger charge is 2.39. The summed E-state index contributed by atoms with van der Waals surface area (Å²) >= 11 is 0. The number of likely N-dealkylation sites (tertiary alicyclic amines) is 1. The van der Waals surface area contributed by atoms with Gasteiger partial charge in [-0.1, -0.05) is 18.2 Å². The molecule has 1 amide bonds. The molecule has 0 radical (unpaired) electrons. The van der Waals surface area contributed by atoms with Gasteiger partial charge in [0.1, 0.15) is 6.61 Å². The Morgan fingerprint density at radius 1 is 1.33 bits per heavy atom. The zero-order valence-corrected chi connectivity index (χ0v) is 12.0. The second-order valence-corrected chi connectivity index (χ2v) is 5.51. The van der Waals surface area contributed by atoms with Gasteiger partial charge in [0.2, 0.25) is 5.91 Å². The quantitative estimate of drug-likeness (QED) is 0.789. The van der Waals surface area contributed by atoms with Crippen molar-refractivity contribution >= 4 is 17.6 Å². The summed E-state index contributed by atoms with van der Waals surface area (Å²) in [5.41, 5.74) is 0.384. The Hall–Kier alpha value is -1.92. The number of hydrogen-bond donors (Lipinski definition) is 2. The van der Waals surface area contributed by atoms with Crippen molar-refractivity contribution in [2.45, 2.75) is 18.9 Å². The van der Waals surface area contributed by atoms with Gasteiger partial charge in [-0.3, -0.25) is 9.69 Å². The van der Waals surface area contributed by atoms with Crippen LogP contribution in [0.3, 0.4) is 0 Å². The van der Waals surface area contributed by atoms with E-state index in [0.29, 0.717) is 26.1 Å². The molecule has 0 bridgehead atoms. The molecule has 1 aromatic rings. The molecule has 1 heterocycles. The van der Waals surface area contributed by atoms with Crippen LogP contribution in [0.15, 0.2) is 30.3 Å². The van der Waals surface area contributed by atoms with Gasteiger partial charge in [0.15, 0.2) is 0 Å². The summed E-state index contributed by atoms with van der Waals surface area (Å²) in [6.07, 6.45) is 0.407. The number of carbonyl (C=O) groups is 2. The van der Waals surface area contributed by atoms with Gasteiger partial charge >= 0.3 is 5.97 Å². The summed E-state index contributed by atoms with van der Waals surface area (Å²) in [7, 11) is 0. The van der Waals surface area contributed by atoms with Crippen LogP contribution in [0.2, 0.25) is 0 Å². The lowest BCUT2D eigenvalue weighted by atomic mass is 9.96. The number of rotatable bonds is 7. The number of carboxylic acids is 1. The molecule has 0 aromatic heterocycles. The first-order valence-electron chi connectivity index (χ1n) is 6.90. The first-order chi connectivity index (χ1) is 9.97. The highest BCUT2D eigenvalue weighted by Crippen LogP contribution is 2.24. The average Bonchev–Trinajstić information content (AvgIpc) is 2.41. The van der Waals surface area contributed by atoms with E-state index in [1.807, 2.05) is 37.3 Å². The lowest BCUT2D eigenvalue weighted by Crippen LogP contribution is -2.61. The van der Waals surface area contributed by atoms with Crippen molar-refractivity contribution in [3.63, 3.8) is 0 Å². The molecule has 0 saturated carbocycles. The van der Waals surface area contributed by atoms with Crippen molar-refractivity contribution in [1.29, 1.82) is 0 Å². The number of nitrogens with one attached hydrogen (secondary N) is 1. The average molecular weight is 292 g/mol. The Morgan fingerprint density at radius 2 is 2.00 bits per heavy atom. The number of ether oxygens (including phenoxy) is 1. The van der Waals surface area contributed by atoms with E-state index < -0.39 is 11.6 Å². The minimum atomic E-state index is -0.961. The van der Waals surface area contributed by atoms with Crippen LogP contribution in [0.1, 0.15) is 13.3 Å². The largest absolute Gasteiger partial charge is 0.480 e. The smallest absolute Gasteiger partial charge is 0.329 e. The van der Waals surface area contributed by atoms with Gasteiger partial charge in [-0.25, -0.2) is 4.79 Å². The first-order valence-corrected chi connectivity index (χ1v) is 6.90. The summed E-state index contributed by atoms with van der Waals surface area (Å²) in [6, 6.07) is 9.33. The van der Waals surface area contributed by atoms with Crippen LogP contribution in [0.5, 0.6) is 0 Å². The first kappa shape index (κ1) is 15.5. The molecule has 1 aromatic carbocycles. The predicted molar refractivity (Wildman–Crippen MR) is 78.1 cm³/mol. The van der Waals surface area contributed by atoms with Crippen molar-refractivity contribution in [3.05, 3.63) is 30.3 Å². The fraction of sp³-hybridized carbons (Fsp3) is 0.467. The summed E-state index contributed by atoms with van der Waals surface area (Å²) in [4.78, 5) is 24.3. The maximum absolute atomic E-state index is 11.8. The third-order valence-electron chi connectivity index (χ3n) is 3.37. The van der Waals surface area contributed by atoms with Gasteiger partial charge in [0.25, 0.3) is 0 Å². The van der Waals surface area contributed by atoms with Gasteiger partial charge < -0.3 is 15.2 Å². The van der Waals surface area contributed by atoms with Crippen molar-refractivity contribution < 1.29 is 19.4 Å². The van der Waals surface area contributed by atoms with E-state index in [0.717, 1.165) is 5.69 Å². The molecule has 0 unspecified atom stereocenters. The number of carboxylic acid groups (broad SMARTS) is 1. The molecule has 114 valence electrons. The van der Waals surface area contributed by atoms with E-state index in [-0.39, 0.29) is 12.5 Å². The number of hydrogen-bond acceptors (Lipinski definition) is 4. The predicted octanol–water partition coefficient (Wildman–Crippen LogP) is 1.19. The second kappa shape index (κ2) is 6.69. The van der Waals surface area contributed by atoms with Gasteiger partial charge in [-0.2, -0.15) is 0 Å². The Labute approximate surface area is 123 Å². The molecule has 0 spiro atoms. The standard InChI is InChI=1S/C15H20N2O4/c1-15(21-9-14(19)20)10-17(11-15)8-7-13(18)16-12-5-3-2-4-6-12/h2-6H,7-11H2,1H3,(H,16,18)(H,19,20). The van der Waals surface area contributed by atoms with E-state index in [4.69, 9.17) is 9.84 Å². The maximum atomic E-state index is 11.8. The molecule has 6 nitrogen and oxygen atoms in total. The number of amides is 1. The Kier molecular flexibility index (Phi) is 4.93. The number of aliphatic carboxylic acids is 1. The summed E-state index contributed by atoms with van der Waals surface area (Å²) < 4.78 is 5.32. The monoisotopic (exact) mass is 292 g/mol. The van der Waals surface area contributed by atoms with Gasteiger partial charge in [-0.15, -0.1) is 0 Å².